The first-order valence-corrected chi connectivity index (χ1v) is 7.11. The van der Waals surface area contributed by atoms with Crippen molar-refractivity contribution in [1.29, 1.82) is 0 Å². The van der Waals surface area contributed by atoms with E-state index in [1.54, 1.807) is 12.1 Å². The number of para-hydroxylation sites is 1. The number of nitrogens with one attached hydrogen (secondary N) is 1. The Morgan fingerprint density at radius 3 is 2.19 bits per heavy atom. The fourth-order valence-corrected chi connectivity index (χ4v) is 2.08. The highest BCUT2D eigenvalue weighted by Crippen LogP contribution is 2.18. The molecule has 0 aliphatic carbocycles. The van der Waals surface area contributed by atoms with Gasteiger partial charge < -0.3 is 9.64 Å². The van der Waals surface area contributed by atoms with Gasteiger partial charge in [0.25, 0.3) is 0 Å². The minimum absolute atomic E-state index is 0.489. The van der Waals surface area contributed by atoms with Gasteiger partial charge in [-0.2, -0.15) is 0 Å². The van der Waals surface area contributed by atoms with Crippen LogP contribution in [0.25, 0.3) is 0 Å². The van der Waals surface area contributed by atoms with E-state index in [1.807, 2.05) is 42.5 Å². The van der Waals surface area contributed by atoms with E-state index in [0.29, 0.717) is 11.4 Å². The quantitative estimate of drug-likeness (QED) is 0.897. The van der Waals surface area contributed by atoms with Crippen LogP contribution in [-0.4, -0.2) is 19.2 Å². The number of hydrogen-bond acceptors (Lipinski definition) is 3. The fraction of sp³-hybridized carbons (Fsp3) is 0.235. The Bertz CT molecular complexity index is 563. The van der Waals surface area contributed by atoms with Crippen LogP contribution in [0.4, 0.5) is 16.2 Å². The van der Waals surface area contributed by atoms with Crippen molar-refractivity contribution in [2.45, 2.75) is 13.8 Å². The molecule has 0 unspecified atom stereocenters. The molecule has 0 aromatic heterocycles. The third-order valence-electron chi connectivity index (χ3n) is 3.20. The highest BCUT2D eigenvalue weighted by Gasteiger charge is 2.06. The van der Waals surface area contributed by atoms with Crippen molar-refractivity contribution in [3.05, 3.63) is 54.6 Å². The van der Waals surface area contributed by atoms with Crippen LogP contribution in [0.15, 0.2) is 54.6 Å². The summed E-state index contributed by atoms with van der Waals surface area (Å²) < 4.78 is 5.18. The summed E-state index contributed by atoms with van der Waals surface area (Å²) in [5.41, 5.74) is 1.86. The van der Waals surface area contributed by atoms with E-state index in [-0.39, 0.29) is 0 Å². The Hall–Kier alpha value is -2.49. The van der Waals surface area contributed by atoms with Gasteiger partial charge in [-0.1, -0.05) is 18.2 Å². The van der Waals surface area contributed by atoms with Gasteiger partial charge >= 0.3 is 6.09 Å². The molecule has 2 aromatic carbocycles. The average molecular weight is 284 g/mol. The first-order valence-electron chi connectivity index (χ1n) is 7.11. The van der Waals surface area contributed by atoms with Gasteiger partial charge in [-0.15, -0.1) is 0 Å². The average Bonchev–Trinajstić information content (AvgIpc) is 2.51. The maximum absolute atomic E-state index is 11.8. The molecule has 4 heteroatoms. The maximum atomic E-state index is 11.8. The molecule has 0 saturated heterocycles. The van der Waals surface area contributed by atoms with Crippen LogP contribution in [0.3, 0.4) is 0 Å². The van der Waals surface area contributed by atoms with Crippen LogP contribution in [0.5, 0.6) is 5.75 Å². The van der Waals surface area contributed by atoms with E-state index in [4.69, 9.17) is 4.74 Å². The number of carbonyl (C=O) groups is 1. The van der Waals surface area contributed by atoms with Crippen LogP contribution in [-0.2, 0) is 0 Å². The van der Waals surface area contributed by atoms with Gasteiger partial charge in [-0.05, 0) is 50.2 Å². The number of anilines is 2. The normalized spacial score (nSPS) is 10.0. The number of ether oxygens (including phenoxy) is 1. The zero-order valence-electron chi connectivity index (χ0n) is 12.4. The molecule has 0 fully saturated rings. The van der Waals surface area contributed by atoms with Crippen molar-refractivity contribution in [3.63, 3.8) is 0 Å². The van der Waals surface area contributed by atoms with Crippen molar-refractivity contribution in [3.8, 4) is 5.75 Å². The van der Waals surface area contributed by atoms with Gasteiger partial charge in [0.15, 0.2) is 0 Å². The molecule has 110 valence electrons. The summed E-state index contributed by atoms with van der Waals surface area (Å²) in [6.45, 7) is 6.15. The van der Waals surface area contributed by atoms with E-state index in [2.05, 4.69) is 24.1 Å². The lowest BCUT2D eigenvalue weighted by Crippen LogP contribution is -2.21. The van der Waals surface area contributed by atoms with Crippen LogP contribution in [0.1, 0.15) is 13.8 Å². The molecule has 2 rings (SSSR count). The van der Waals surface area contributed by atoms with E-state index in [0.717, 1.165) is 18.8 Å². The minimum Gasteiger partial charge on any atom is -0.410 e. The molecule has 0 aliphatic heterocycles. The molecule has 0 aliphatic rings. The van der Waals surface area contributed by atoms with E-state index in [9.17, 15) is 4.79 Å². The molecular formula is C17H20N2O2. The summed E-state index contributed by atoms with van der Waals surface area (Å²) in [6, 6.07) is 16.7. The van der Waals surface area contributed by atoms with E-state index >= 15 is 0 Å². The highest BCUT2D eigenvalue weighted by molar-refractivity contribution is 5.86. The SMILES string of the molecule is CCN(CC)c1ccc(NC(=O)Oc2ccccc2)cc1. The van der Waals surface area contributed by atoms with Gasteiger partial charge in [0, 0.05) is 24.5 Å². The molecule has 0 saturated carbocycles. The number of rotatable bonds is 5. The largest absolute Gasteiger partial charge is 0.417 e. The topological polar surface area (TPSA) is 41.6 Å². The Labute approximate surface area is 125 Å². The fourth-order valence-electron chi connectivity index (χ4n) is 2.08. The van der Waals surface area contributed by atoms with Crippen molar-refractivity contribution < 1.29 is 9.53 Å². The lowest BCUT2D eigenvalue weighted by molar-refractivity contribution is 0.215. The Morgan fingerprint density at radius 1 is 1.00 bits per heavy atom. The van der Waals surface area contributed by atoms with Crippen molar-refractivity contribution in [1.82, 2.24) is 0 Å². The number of hydrogen-bond donors (Lipinski definition) is 1. The molecule has 21 heavy (non-hydrogen) atoms. The van der Waals surface area contributed by atoms with Crippen molar-refractivity contribution in [2.75, 3.05) is 23.3 Å². The Kier molecular flexibility index (Phi) is 5.21. The van der Waals surface area contributed by atoms with Crippen LogP contribution < -0.4 is 15.0 Å². The minimum atomic E-state index is -0.489. The highest BCUT2D eigenvalue weighted by atomic mass is 16.6. The number of nitrogens with zero attached hydrogens (tertiary/aromatic N) is 1. The summed E-state index contributed by atoms with van der Waals surface area (Å²) in [4.78, 5) is 14.0. The van der Waals surface area contributed by atoms with Crippen molar-refractivity contribution in [2.24, 2.45) is 0 Å². The zero-order valence-corrected chi connectivity index (χ0v) is 12.4. The van der Waals surface area contributed by atoms with Crippen LogP contribution in [0, 0.1) is 0 Å². The Morgan fingerprint density at radius 2 is 1.62 bits per heavy atom. The second-order valence-electron chi connectivity index (χ2n) is 4.55. The smallest absolute Gasteiger partial charge is 0.410 e. The van der Waals surface area contributed by atoms with Gasteiger partial charge in [-0.3, -0.25) is 5.32 Å². The van der Waals surface area contributed by atoms with Gasteiger partial charge in [0.05, 0.1) is 0 Å². The van der Waals surface area contributed by atoms with E-state index < -0.39 is 6.09 Å². The first kappa shape index (κ1) is 14.9. The van der Waals surface area contributed by atoms with Crippen molar-refractivity contribution >= 4 is 17.5 Å². The summed E-state index contributed by atoms with van der Waals surface area (Å²) in [5, 5.41) is 2.71. The second kappa shape index (κ2) is 7.33. The standard InChI is InChI=1S/C17H20N2O2/c1-3-19(4-2)15-12-10-14(11-13-15)18-17(20)21-16-8-6-5-7-9-16/h5-13H,3-4H2,1-2H3,(H,18,20). The molecular weight excluding hydrogens is 264 g/mol. The second-order valence-corrected chi connectivity index (χ2v) is 4.55. The lowest BCUT2D eigenvalue weighted by atomic mass is 10.2. The predicted octanol–water partition coefficient (Wildman–Crippen LogP) is 4.14. The molecule has 0 atom stereocenters. The summed E-state index contributed by atoms with van der Waals surface area (Å²) in [5.74, 6) is 0.523. The van der Waals surface area contributed by atoms with Gasteiger partial charge in [0.2, 0.25) is 0 Å². The first-order chi connectivity index (χ1) is 10.2. The molecule has 0 spiro atoms. The zero-order chi connectivity index (χ0) is 15.1. The molecule has 0 heterocycles. The monoisotopic (exact) mass is 284 g/mol. The van der Waals surface area contributed by atoms with Crippen LogP contribution >= 0.6 is 0 Å². The Balaban J connectivity index is 1.95. The summed E-state index contributed by atoms with van der Waals surface area (Å²) in [7, 11) is 0. The number of carbonyl (C=O) groups excluding carboxylic acids is 1. The third kappa shape index (κ3) is 4.24. The summed E-state index contributed by atoms with van der Waals surface area (Å²) >= 11 is 0. The molecule has 2 aromatic rings. The lowest BCUT2D eigenvalue weighted by Gasteiger charge is -2.21. The molecule has 1 amide bonds. The number of benzene rings is 2. The number of amides is 1. The van der Waals surface area contributed by atoms with Gasteiger partial charge in [-0.25, -0.2) is 4.79 Å². The van der Waals surface area contributed by atoms with Crippen LogP contribution in [0.2, 0.25) is 0 Å². The van der Waals surface area contributed by atoms with E-state index in [1.165, 1.54) is 0 Å². The predicted molar refractivity (Wildman–Crippen MR) is 86.1 cm³/mol. The summed E-state index contributed by atoms with van der Waals surface area (Å²) in [6.07, 6.45) is -0.489. The maximum Gasteiger partial charge on any atom is 0.417 e. The molecule has 1 N–H and O–H groups in total. The van der Waals surface area contributed by atoms with Gasteiger partial charge in [0.1, 0.15) is 5.75 Å². The molecule has 4 nitrogen and oxygen atoms in total. The molecule has 0 radical (unpaired) electrons. The molecule has 0 bridgehead atoms. The third-order valence-corrected chi connectivity index (χ3v) is 3.20.